The Hall–Kier alpha value is -2.10. The summed E-state index contributed by atoms with van der Waals surface area (Å²) in [6.07, 6.45) is 0. The molecule has 0 aliphatic heterocycles. The predicted octanol–water partition coefficient (Wildman–Crippen LogP) is 2.44. The van der Waals surface area contributed by atoms with Crippen LogP contribution in [0.4, 0.5) is 0 Å². The van der Waals surface area contributed by atoms with Gasteiger partial charge in [-0.1, -0.05) is 18.2 Å². The van der Waals surface area contributed by atoms with Crippen LogP contribution in [-0.4, -0.2) is 27.0 Å². The Morgan fingerprint density at radius 1 is 1.15 bits per heavy atom. The van der Waals surface area contributed by atoms with Gasteiger partial charge < -0.3 is 15.4 Å². The number of rotatable bonds is 6. The normalized spacial score (nSPS) is 12.7. The maximum absolute atomic E-state index is 11.4. The summed E-state index contributed by atoms with van der Waals surface area (Å²) in [6, 6.07) is 11.1. The molecule has 27 heavy (non-hydrogen) atoms. The van der Waals surface area contributed by atoms with E-state index in [1.807, 2.05) is 45.0 Å². The second-order valence-corrected chi connectivity index (χ2v) is 9.82. The molecule has 0 aliphatic carbocycles. The van der Waals surface area contributed by atoms with Gasteiger partial charge in [-0.15, -0.1) is 11.3 Å². The summed E-state index contributed by atoms with van der Waals surface area (Å²) in [4.78, 5) is 5.04. The summed E-state index contributed by atoms with van der Waals surface area (Å²) in [5.74, 6) is 1.43. The summed E-state index contributed by atoms with van der Waals surface area (Å²) < 4.78 is 28.8. The molecule has 2 rings (SSSR count). The zero-order chi connectivity index (χ0) is 20.1. The van der Waals surface area contributed by atoms with Crippen LogP contribution in [0.5, 0.6) is 5.75 Å². The Kier molecular flexibility index (Phi) is 6.85. The highest BCUT2D eigenvalue weighted by atomic mass is 32.2. The first-order chi connectivity index (χ1) is 12.6. The third-order valence-corrected chi connectivity index (χ3v) is 5.93. The molecule has 0 saturated carbocycles. The van der Waals surface area contributed by atoms with E-state index < -0.39 is 10.0 Å². The number of thiophene rings is 1. The molecule has 0 radical (unpaired) electrons. The predicted molar refractivity (Wildman–Crippen MR) is 110 cm³/mol. The van der Waals surface area contributed by atoms with E-state index in [0.717, 1.165) is 27.5 Å². The number of para-hydroxylation sites is 1. The number of sulfonamides is 1. The van der Waals surface area contributed by atoms with E-state index in [1.54, 1.807) is 13.1 Å². The average Bonchev–Trinajstić information content (AvgIpc) is 3.04. The Morgan fingerprint density at radius 2 is 1.81 bits per heavy atom. The van der Waals surface area contributed by atoms with Gasteiger partial charge in [-0.2, -0.15) is 0 Å². The van der Waals surface area contributed by atoms with Crippen molar-refractivity contribution >= 4 is 27.3 Å². The molecule has 1 aromatic heterocycles. The second-order valence-electron chi connectivity index (χ2n) is 6.87. The van der Waals surface area contributed by atoms with Gasteiger partial charge in [0.1, 0.15) is 15.6 Å². The highest BCUT2D eigenvalue weighted by Crippen LogP contribution is 2.23. The molecule has 148 valence electrons. The molecule has 7 nitrogen and oxygen atoms in total. The molecule has 2 aromatic rings. The van der Waals surface area contributed by atoms with Crippen molar-refractivity contribution in [1.82, 2.24) is 10.6 Å². The van der Waals surface area contributed by atoms with E-state index in [9.17, 15) is 8.42 Å². The van der Waals surface area contributed by atoms with Gasteiger partial charge in [0.25, 0.3) is 0 Å². The van der Waals surface area contributed by atoms with E-state index in [4.69, 9.17) is 9.88 Å². The minimum Gasteiger partial charge on any atom is -0.488 e. The molecule has 0 spiro atoms. The Bertz CT molecular complexity index is 899. The molecular weight excluding hydrogens is 384 g/mol. The van der Waals surface area contributed by atoms with Crippen LogP contribution in [0.15, 0.2) is 45.6 Å². The van der Waals surface area contributed by atoms with E-state index in [2.05, 4.69) is 15.6 Å². The Morgan fingerprint density at radius 3 is 2.41 bits per heavy atom. The third-order valence-electron chi connectivity index (χ3n) is 3.41. The third kappa shape index (κ3) is 6.85. The monoisotopic (exact) mass is 410 g/mol. The summed E-state index contributed by atoms with van der Waals surface area (Å²) in [6.45, 7) is 7.01. The van der Waals surface area contributed by atoms with Crippen molar-refractivity contribution in [3.63, 3.8) is 0 Å². The fourth-order valence-corrected chi connectivity index (χ4v) is 3.97. The number of benzene rings is 1. The molecule has 1 heterocycles. The van der Waals surface area contributed by atoms with Crippen LogP contribution < -0.4 is 20.5 Å². The van der Waals surface area contributed by atoms with Gasteiger partial charge in [0, 0.05) is 24.0 Å². The molecule has 0 unspecified atom stereocenters. The highest BCUT2D eigenvalue weighted by Gasteiger charge is 2.15. The van der Waals surface area contributed by atoms with Crippen molar-refractivity contribution < 1.29 is 13.2 Å². The van der Waals surface area contributed by atoms with Gasteiger partial charge >= 0.3 is 0 Å². The number of nitrogens with one attached hydrogen (secondary N) is 2. The Balaban J connectivity index is 1.96. The molecule has 9 heteroatoms. The molecular formula is C18H26N4O3S2. The minimum atomic E-state index is -3.66. The molecule has 1 aromatic carbocycles. The largest absolute Gasteiger partial charge is 0.488 e. The first-order valence-corrected chi connectivity index (χ1v) is 10.8. The lowest BCUT2D eigenvalue weighted by Gasteiger charge is -2.23. The maximum atomic E-state index is 11.4. The fourth-order valence-electron chi connectivity index (χ4n) is 2.26. The summed E-state index contributed by atoms with van der Waals surface area (Å²) in [7, 11) is -1.98. The molecule has 0 saturated heterocycles. The Labute approximate surface area is 164 Å². The molecule has 0 amide bonds. The van der Waals surface area contributed by atoms with Crippen LogP contribution in [0.1, 0.15) is 31.2 Å². The molecule has 0 aliphatic rings. The van der Waals surface area contributed by atoms with E-state index >= 15 is 0 Å². The number of hydrogen-bond acceptors (Lipinski definition) is 5. The number of hydrogen-bond donors (Lipinski definition) is 3. The molecule has 0 bridgehead atoms. The zero-order valence-electron chi connectivity index (χ0n) is 15.9. The minimum absolute atomic E-state index is 0.149. The lowest BCUT2D eigenvalue weighted by molar-refractivity contribution is 0.129. The zero-order valence-corrected chi connectivity index (χ0v) is 17.6. The maximum Gasteiger partial charge on any atom is 0.247 e. The van der Waals surface area contributed by atoms with Crippen molar-refractivity contribution in [3.8, 4) is 5.75 Å². The van der Waals surface area contributed by atoms with Crippen molar-refractivity contribution in [3.05, 3.63) is 46.8 Å². The molecule has 4 N–H and O–H groups in total. The summed E-state index contributed by atoms with van der Waals surface area (Å²) in [5, 5.41) is 11.5. The summed E-state index contributed by atoms with van der Waals surface area (Å²) >= 11 is 1.14. The second kappa shape index (κ2) is 8.73. The first-order valence-electron chi connectivity index (χ1n) is 8.41. The molecule has 0 atom stereocenters. The number of primary sulfonamides is 1. The van der Waals surface area contributed by atoms with Crippen LogP contribution in [-0.2, 0) is 23.1 Å². The lowest BCUT2D eigenvalue weighted by Crippen LogP contribution is -2.36. The van der Waals surface area contributed by atoms with Gasteiger partial charge in [0.15, 0.2) is 5.96 Å². The quantitative estimate of drug-likeness (QED) is 0.501. The van der Waals surface area contributed by atoms with Crippen LogP contribution in [0.3, 0.4) is 0 Å². The first kappa shape index (κ1) is 21.2. The lowest BCUT2D eigenvalue weighted by atomic mass is 10.1. The van der Waals surface area contributed by atoms with Crippen LogP contribution in [0, 0.1) is 0 Å². The van der Waals surface area contributed by atoms with Gasteiger partial charge in [0.05, 0.1) is 6.54 Å². The fraction of sp³-hybridized carbons (Fsp3) is 0.389. The topological polar surface area (TPSA) is 106 Å². The van der Waals surface area contributed by atoms with Gasteiger partial charge in [-0.3, -0.25) is 4.99 Å². The SMILES string of the molecule is CN=C(NCc1ccc(S(N)(=O)=O)s1)NCc1ccccc1OC(C)(C)C. The molecule has 0 fully saturated rings. The van der Waals surface area contributed by atoms with Crippen LogP contribution >= 0.6 is 11.3 Å². The van der Waals surface area contributed by atoms with Gasteiger partial charge in [-0.25, -0.2) is 13.6 Å². The van der Waals surface area contributed by atoms with Crippen molar-refractivity contribution in [2.75, 3.05) is 7.05 Å². The number of ether oxygens (including phenoxy) is 1. The van der Waals surface area contributed by atoms with Crippen LogP contribution in [0.25, 0.3) is 0 Å². The van der Waals surface area contributed by atoms with E-state index in [-0.39, 0.29) is 9.81 Å². The number of nitrogens with zero attached hydrogens (tertiary/aromatic N) is 1. The number of guanidine groups is 1. The standard InChI is InChI=1S/C18H26N4O3S2/c1-18(2,3)25-15-8-6-5-7-13(15)11-21-17(20-4)22-12-14-9-10-16(26-14)27(19,23)24/h5-10H,11-12H2,1-4H3,(H2,19,23,24)(H2,20,21,22). The number of nitrogens with two attached hydrogens (primary N) is 1. The van der Waals surface area contributed by atoms with Gasteiger partial charge in [0.2, 0.25) is 10.0 Å². The van der Waals surface area contributed by atoms with Crippen molar-refractivity contribution in [2.45, 2.75) is 43.7 Å². The van der Waals surface area contributed by atoms with Gasteiger partial charge in [-0.05, 0) is 39.0 Å². The van der Waals surface area contributed by atoms with Crippen molar-refractivity contribution in [2.24, 2.45) is 10.1 Å². The average molecular weight is 411 g/mol. The van der Waals surface area contributed by atoms with E-state index in [0.29, 0.717) is 19.0 Å². The summed E-state index contributed by atoms with van der Waals surface area (Å²) in [5.41, 5.74) is 0.735. The number of aliphatic imine (C=N–C) groups is 1. The van der Waals surface area contributed by atoms with E-state index in [1.165, 1.54) is 6.07 Å². The van der Waals surface area contributed by atoms with Crippen molar-refractivity contribution in [1.29, 1.82) is 0 Å². The highest BCUT2D eigenvalue weighted by molar-refractivity contribution is 7.91. The van der Waals surface area contributed by atoms with Crippen LogP contribution in [0.2, 0.25) is 0 Å². The smallest absolute Gasteiger partial charge is 0.247 e.